The van der Waals surface area contributed by atoms with Gasteiger partial charge >= 0.3 is 0 Å². The molecular formula is C21H19N3. The van der Waals surface area contributed by atoms with Crippen molar-refractivity contribution in [1.29, 1.82) is 0 Å². The number of hydrogen-bond donors (Lipinski definition) is 0. The predicted octanol–water partition coefficient (Wildman–Crippen LogP) is 3.83. The quantitative estimate of drug-likeness (QED) is 0.786. The van der Waals surface area contributed by atoms with E-state index < -0.39 is 0 Å². The topological polar surface area (TPSA) is 28.0 Å². The molecule has 0 saturated heterocycles. The van der Waals surface area contributed by atoms with Gasteiger partial charge in [-0.3, -0.25) is 4.99 Å². The summed E-state index contributed by atoms with van der Waals surface area (Å²) in [6, 6.07) is 17.3. The molecule has 0 aromatic heterocycles. The Kier molecular flexibility index (Phi) is 2.96. The van der Waals surface area contributed by atoms with Crippen LogP contribution in [0.5, 0.6) is 0 Å². The number of fused-ring (bicyclic) bond motifs is 4. The van der Waals surface area contributed by atoms with Gasteiger partial charge in [-0.1, -0.05) is 48.0 Å². The van der Waals surface area contributed by atoms with Crippen LogP contribution in [-0.2, 0) is 6.42 Å². The fraction of sp³-hybridized carbons (Fsp3) is 0.238. The van der Waals surface area contributed by atoms with Gasteiger partial charge in [-0.15, -0.1) is 0 Å². The summed E-state index contributed by atoms with van der Waals surface area (Å²) in [4.78, 5) is 12.3. The maximum atomic E-state index is 5.14. The first-order valence-corrected chi connectivity index (χ1v) is 8.61. The lowest BCUT2D eigenvalue weighted by atomic mass is 9.87. The van der Waals surface area contributed by atoms with E-state index in [9.17, 15) is 0 Å². The molecule has 0 unspecified atom stereocenters. The Labute approximate surface area is 142 Å². The summed E-state index contributed by atoms with van der Waals surface area (Å²) >= 11 is 0. The molecule has 0 saturated carbocycles. The van der Waals surface area contributed by atoms with E-state index in [0.717, 1.165) is 43.3 Å². The number of amidine groups is 2. The minimum atomic E-state index is 0.860. The van der Waals surface area contributed by atoms with Crippen LogP contribution in [0.15, 0.2) is 64.1 Å². The highest BCUT2D eigenvalue weighted by atomic mass is 15.3. The van der Waals surface area contributed by atoms with Gasteiger partial charge in [-0.2, -0.15) is 0 Å². The molecule has 0 bridgehead atoms. The minimum absolute atomic E-state index is 0.860. The van der Waals surface area contributed by atoms with Crippen molar-refractivity contribution in [1.82, 2.24) is 4.90 Å². The molecule has 3 aliphatic rings. The van der Waals surface area contributed by atoms with Crippen molar-refractivity contribution in [3.63, 3.8) is 0 Å². The molecule has 2 aromatic rings. The van der Waals surface area contributed by atoms with Crippen LogP contribution in [0.25, 0.3) is 5.70 Å². The Morgan fingerprint density at radius 1 is 0.958 bits per heavy atom. The molecule has 5 rings (SSSR count). The van der Waals surface area contributed by atoms with Crippen LogP contribution in [0.3, 0.4) is 0 Å². The van der Waals surface area contributed by atoms with E-state index in [4.69, 9.17) is 9.98 Å². The van der Waals surface area contributed by atoms with E-state index in [-0.39, 0.29) is 0 Å². The van der Waals surface area contributed by atoms with Gasteiger partial charge < -0.3 is 4.90 Å². The minimum Gasteiger partial charge on any atom is -0.309 e. The highest BCUT2D eigenvalue weighted by Crippen LogP contribution is 2.38. The number of rotatable bonds is 1. The monoisotopic (exact) mass is 313 g/mol. The van der Waals surface area contributed by atoms with Crippen LogP contribution in [0.4, 0.5) is 0 Å². The van der Waals surface area contributed by atoms with E-state index in [2.05, 4.69) is 60.4 Å². The second kappa shape index (κ2) is 5.17. The van der Waals surface area contributed by atoms with E-state index in [1.807, 2.05) is 0 Å². The summed E-state index contributed by atoms with van der Waals surface area (Å²) in [6.07, 6.45) is 2.11. The maximum Gasteiger partial charge on any atom is 0.142 e. The van der Waals surface area contributed by atoms with Crippen molar-refractivity contribution >= 4 is 17.4 Å². The molecule has 0 amide bonds. The number of aryl methyl sites for hydroxylation is 2. The summed E-state index contributed by atoms with van der Waals surface area (Å²) in [5.41, 5.74) is 7.57. The third-order valence-corrected chi connectivity index (χ3v) is 5.06. The average Bonchev–Trinajstić information content (AvgIpc) is 3.10. The van der Waals surface area contributed by atoms with Crippen molar-refractivity contribution in [3.8, 4) is 0 Å². The zero-order valence-corrected chi connectivity index (χ0v) is 13.8. The van der Waals surface area contributed by atoms with Gasteiger partial charge in [0, 0.05) is 23.2 Å². The van der Waals surface area contributed by atoms with Crippen LogP contribution >= 0.6 is 0 Å². The van der Waals surface area contributed by atoms with E-state index in [1.165, 1.54) is 27.8 Å². The molecule has 118 valence electrons. The molecule has 2 aliphatic heterocycles. The standard InChI is InChI=1S/C21H19N3/c1-14-5-4-7-16(13-14)20-23-19-17-8-3-2-6-15(17)9-10-18(19)21-22-11-12-24(20)21/h2-8,13H,9-12H2,1H3. The third-order valence-electron chi connectivity index (χ3n) is 5.06. The Bertz CT molecular complexity index is 934. The molecule has 0 atom stereocenters. The fourth-order valence-electron chi connectivity index (χ4n) is 3.94. The summed E-state index contributed by atoms with van der Waals surface area (Å²) in [5.74, 6) is 2.19. The average molecular weight is 313 g/mol. The van der Waals surface area contributed by atoms with Crippen LogP contribution < -0.4 is 0 Å². The second-order valence-corrected chi connectivity index (χ2v) is 6.65. The zero-order chi connectivity index (χ0) is 16.1. The van der Waals surface area contributed by atoms with Crippen LogP contribution in [0, 0.1) is 6.92 Å². The molecule has 0 fully saturated rings. The number of hydrogen-bond acceptors (Lipinski definition) is 3. The Hall–Kier alpha value is -2.68. The first-order chi connectivity index (χ1) is 11.8. The fourth-order valence-corrected chi connectivity index (χ4v) is 3.94. The first-order valence-electron chi connectivity index (χ1n) is 8.61. The molecule has 1 aliphatic carbocycles. The van der Waals surface area contributed by atoms with E-state index in [0.29, 0.717) is 0 Å². The van der Waals surface area contributed by atoms with Gasteiger partial charge in [0.2, 0.25) is 0 Å². The van der Waals surface area contributed by atoms with Gasteiger partial charge in [0.25, 0.3) is 0 Å². The van der Waals surface area contributed by atoms with Crippen molar-refractivity contribution in [2.75, 3.05) is 13.1 Å². The smallest absolute Gasteiger partial charge is 0.142 e. The summed E-state index contributed by atoms with van der Waals surface area (Å²) < 4.78 is 0. The van der Waals surface area contributed by atoms with Crippen LogP contribution in [-0.4, -0.2) is 29.7 Å². The molecular weight excluding hydrogens is 294 g/mol. The maximum absolute atomic E-state index is 5.14. The number of benzene rings is 2. The Morgan fingerprint density at radius 2 is 1.88 bits per heavy atom. The lowest BCUT2D eigenvalue weighted by Gasteiger charge is -2.32. The van der Waals surface area contributed by atoms with Crippen molar-refractivity contribution < 1.29 is 0 Å². The lowest BCUT2D eigenvalue weighted by molar-refractivity contribution is 0.656. The molecule has 24 heavy (non-hydrogen) atoms. The van der Waals surface area contributed by atoms with Gasteiger partial charge in [0.1, 0.15) is 11.7 Å². The van der Waals surface area contributed by atoms with Crippen molar-refractivity contribution in [3.05, 3.63) is 76.4 Å². The van der Waals surface area contributed by atoms with Gasteiger partial charge in [0.05, 0.1) is 12.2 Å². The molecule has 2 aromatic carbocycles. The molecule has 0 spiro atoms. The second-order valence-electron chi connectivity index (χ2n) is 6.65. The normalized spacial score (nSPS) is 18.6. The molecule has 3 heteroatoms. The molecule has 2 heterocycles. The SMILES string of the molecule is Cc1cccc(C2=NC3=C(CCc4ccccc43)C3=NCCN32)c1. The Balaban J connectivity index is 1.74. The van der Waals surface area contributed by atoms with Crippen LogP contribution in [0.2, 0.25) is 0 Å². The van der Waals surface area contributed by atoms with Gasteiger partial charge in [-0.05, 0) is 31.4 Å². The molecule has 0 N–H and O–H groups in total. The van der Waals surface area contributed by atoms with E-state index in [1.54, 1.807) is 0 Å². The largest absolute Gasteiger partial charge is 0.309 e. The molecule has 0 radical (unpaired) electrons. The summed E-state index contributed by atoms with van der Waals surface area (Å²) in [6.45, 7) is 3.92. The summed E-state index contributed by atoms with van der Waals surface area (Å²) in [5, 5.41) is 0. The van der Waals surface area contributed by atoms with Gasteiger partial charge in [-0.25, -0.2) is 4.99 Å². The highest BCUT2D eigenvalue weighted by molar-refractivity contribution is 6.22. The number of aliphatic imine (C=N–C) groups is 2. The molecule has 3 nitrogen and oxygen atoms in total. The van der Waals surface area contributed by atoms with Crippen molar-refractivity contribution in [2.45, 2.75) is 19.8 Å². The zero-order valence-electron chi connectivity index (χ0n) is 13.8. The highest BCUT2D eigenvalue weighted by Gasteiger charge is 2.34. The lowest BCUT2D eigenvalue weighted by Crippen LogP contribution is -2.39. The van der Waals surface area contributed by atoms with Crippen LogP contribution in [0.1, 0.15) is 28.7 Å². The number of nitrogens with zero attached hydrogens (tertiary/aromatic N) is 3. The van der Waals surface area contributed by atoms with Gasteiger partial charge in [0.15, 0.2) is 0 Å². The predicted molar refractivity (Wildman–Crippen MR) is 98.4 cm³/mol. The summed E-state index contributed by atoms with van der Waals surface area (Å²) in [7, 11) is 0. The third kappa shape index (κ3) is 1.97. The Morgan fingerprint density at radius 3 is 2.79 bits per heavy atom. The first kappa shape index (κ1) is 13.7. The van der Waals surface area contributed by atoms with E-state index >= 15 is 0 Å². The van der Waals surface area contributed by atoms with Crippen molar-refractivity contribution in [2.24, 2.45) is 9.98 Å².